The van der Waals surface area contributed by atoms with E-state index < -0.39 is 0 Å². The van der Waals surface area contributed by atoms with Gasteiger partial charge in [-0.3, -0.25) is 4.79 Å². The number of carbonyl (C=O) groups excluding carboxylic acids is 1. The number of ether oxygens (including phenoxy) is 1. The van der Waals surface area contributed by atoms with E-state index in [4.69, 9.17) is 4.74 Å². The second-order valence-corrected chi connectivity index (χ2v) is 6.96. The Balaban J connectivity index is 2.23. The second kappa shape index (κ2) is 11.2. The summed E-state index contributed by atoms with van der Waals surface area (Å²) in [5.74, 6) is 0.219. The van der Waals surface area contributed by atoms with Crippen molar-refractivity contribution in [2.24, 2.45) is 5.92 Å². The summed E-state index contributed by atoms with van der Waals surface area (Å²) in [6, 6.07) is 20.7. The molecule has 2 heteroatoms. The summed E-state index contributed by atoms with van der Waals surface area (Å²) < 4.78 is 5.15. The number of rotatable bonds is 11. The fourth-order valence-corrected chi connectivity index (χ4v) is 3.73. The first-order valence-electron chi connectivity index (χ1n) is 9.59. The van der Waals surface area contributed by atoms with Gasteiger partial charge < -0.3 is 4.74 Å². The quantitative estimate of drug-likeness (QED) is 0.347. The Bertz CT molecular complexity index is 650. The number of esters is 1. The fourth-order valence-electron chi connectivity index (χ4n) is 3.73. The lowest BCUT2D eigenvalue weighted by molar-refractivity contribution is -0.146. The number of methoxy groups -OCH3 is 1. The molecule has 0 aromatic heterocycles. The van der Waals surface area contributed by atoms with Crippen molar-refractivity contribution in [2.75, 3.05) is 7.11 Å². The van der Waals surface area contributed by atoms with Crippen LogP contribution in [0.3, 0.4) is 0 Å². The Kier molecular flexibility index (Phi) is 8.57. The minimum atomic E-state index is -0.162. The minimum Gasteiger partial charge on any atom is -0.469 e. The van der Waals surface area contributed by atoms with Gasteiger partial charge in [0, 0.05) is 0 Å². The molecule has 27 heavy (non-hydrogen) atoms. The Morgan fingerprint density at radius 2 is 1.26 bits per heavy atom. The van der Waals surface area contributed by atoms with Crippen LogP contribution in [0.25, 0.3) is 0 Å². The van der Waals surface area contributed by atoms with Gasteiger partial charge in [0.15, 0.2) is 0 Å². The van der Waals surface area contributed by atoms with Crippen LogP contribution in [0.15, 0.2) is 86.0 Å². The molecular weight excluding hydrogens is 332 g/mol. The van der Waals surface area contributed by atoms with Gasteiger partial charge in [-0.25, -0.2) is 0 Å². The molecule has 0 fully saturated rings. The zero-order valence-corrected chi connectivity index (χ0v) is 16.2. The molecule has 0 heterocycles. The third-order valence-corrected chi connectivity index (χ3v) is 5.12. The predicted molar refractivity (Wildman–Crippen MR) is 113 cm³/mol. The number of hydrogen-bond acceptors (Lipinski definition) is 2. The van der Waals surface area contributed by atoms with Gasteiger partial charge >= 0.3 is 5.97 Å². The Hall–Kier alpha value is -2.61. The molecule has 2 aromatic carbocycles. The van der Waals surface area contributed by atoms with E-state index in [0.717, 1.165) is 25.7 Å². The molecule has 2 nitrogen and oxygen atoms in total. The van der Waals surface area contributed by atoms with Crippen LogP contribution in [0.2, 0.25) is 0 Å². The number of allylic oxidation sites excluding steroid dienone is 2. The molecule has 2 atom stereocenters. The lowest BCUT2D eigenvalue weighted by Gasteiger charge is -2.25. The average Bonchev–Trinajstić information content (AvgIpc) is 2.73. The van der Waals surface area contributed by atoms with Gasteiger partial charge in [0.25, 0.3) is 0 Å². The number of carbonyl (C=O) groups is 1. The largest absolute Gasteiger partial charge is 0.469 e. The van der Waals surface area contributed by atoms with Gasteiger partial charge in [-0.1, -0.05) is 72.8 Å². The van der Waals surface area contributed by atoms with Gasteiger partial charge in [-0.05, 0) is 48.6 Å². The minimum absolute atomic E-state index is 0.134. The van der Waals surface area contributed by atoms with Crippen molar-refractivity contribution in [2.45, 2.75) is 37.5 Å². The van der Waals surface area contributed by atoms with Crippen molar-refractivity contribution in [3.8, 4) is 0 Å². The molecule has 0 amide bonds. The average molecular weight is 363 g/mol. The third kappa shape index (κ3) is 6.25. The summed E-state index contributed by atoms with van der Waals surface area (Å²) in [6.45, 7) is 7.81. The van der Waals surface area contributed by atoms with Crippen LogP contribution >= 0.6 is 0 Å². The Labute approximate surface area is 163 Å². The zero-order chi connectivity index (χ0) is 19.5. The molecule has 0 spiro atoms. The van der Waals surface area contributed by atoms with E-state index in [2.05, 4.69) is 37.4 Å². The molecule has 0 aliphatic rings. The summed E-state index contributed by atoms with van der Waals surface area (Å²) in [5, 5.41) is 0. The first kappa shape index (κ1) is 20.7. The Morgan fingerprint density at radius 3 is 1.59 bits per heavy atom. The van der Waals surface area contributed by atoms with Crippen molar-refractivity contribution in [3.05, 3.63) is 97.1 Å². The van der Waals surface area contributed by atoms with Crippen LogP contribution in [-0.2, 0) is 9.53 Å². The van der Waals surface area contributed by atoms with Crippen LogP contribution < -0.4 is 0 Å². The second-order valence-electron chi connectivity index (χ2n) is 6.96. The van der Waals surface area contributed by atoms with Gasteiger partial charge in [-0.2, -0.15) is 0 Å². The van der Waals surface area contributed by atoms with Gasteiger partial charge in [-0.15, -0.1) is 13.2 Å². The predicted octanol–water partition coefficient (Wildman–Crippen LogP) is 6.28. The highest BCUT2D eigenvalue weighted by molar-refractivity contribution is 5.72. The van der Waals surface area contributed by atoms with Gasteiger partial charge in [0.2, 0.25) is 0 Å². The van der Waals surface area contributed by atoms with Crippen LogP contribution in [0.4, 0.5) is 0 Å². The first-order valence-corrected chi connectivity index (χ1v) is 9.59. The highest BCUT2D eigenvalue weighted by Gasteiger charge is 2.27. The molecule has 142 valence electrons. The van der Waals surface area contributed by atoms with E-state index in [9.17, 15) is 4.79 Å². The van der Waals surface area contributed by atoms with E-state index in [1.54, 1.807) is 0 Å². The molecule has 2 unspecified atom stereocenters. The molecule has 2 aromatic rings. The standard InChI is InChI=1S/C25H30O2/c1-4-12-22(20-14-8-6-9-15-20)18-24(25(26)27-3)19-23(13-5-2)21-16-10-7-11-17-21/h4-11,14-17,22-24H,1-2,12-13,18-19H2,3H3. The summed E-state index contributed by atoms with van der Waals surface area (Å²) in [7, 11) is 1.48. The monoisotopic (exact) mass is 362 g/mol. The van der Waals surface area contributed by atoms with Crippen LogP contribution in [0.1, 0.15) is 48.6 Å². The van der Waals surface area contributed by atoms with Crippen molar-refractivity contribution in [1.82, 2.24) is 0 Å². The Morgan fingerprint density at radius 1 is 0.852 bits per heavy atom. The van der Waals surface area contributed by atoms with Crippen LogP contribution in [0, 0.1) is 5.92 Å². The van der Waals surface area contributed by atoms with Crippen LogP contribution in [0.5, 0.6) is 0 Å². The van der Waals surface area contributed by atoms with Crippen molar-refractivity contribution < 1.29 is 9.53 Å². The summed E-state index contributed by atoms with van der Waals surface area (Å²) in [5.41, 5.74) is 2.48. The van der Waals surface area contributed by atoms with E-state index in [1.165, 1.54) is 18.2 Å². The molecule has 0 bridgehead atoms. The number of benzene rings is 2. The molecule has 0 saturated carbocycles. The highest BCUT2D eigenvalue weighted by Crippen LogP contribution is 2.35. The summed E-state index contributed by atoms with van der Waals surface area (Å²) in [4.78, 5) is 12.6. The van der Waals surface area contributed by atoms with Crippen LogP contribution in [-0.4, -0.2) is 13.1 Å². The lowest BCUT2D eigenvalue weighted by Crippen LogP contribution is -2.22. The highest BCUT2D eigenvalue weighted by atomic mass is 16.5. The molecular formula is C25H30O2. The van der Waals surface area contributed by atoms with E-state index in [-0.39, 0.29) is 23.7 Å². The zero-order valence-electron chi connectivity index (χ0n) is 16.2. The maximum Gasteiger partial charge on any atom is 0.308 e. The van der Waals surface area contributed by atoms with Gasteiger partial charge in [0.05, 0.1) is 13.0 Å². The molecule has 0 aliphatic carbocycles. The fraction of sp³-hybridized carbons (Fsp3) is 0.320. The number of hydrogen-bond donors (Lipinski definition) is 0. The normalized spacial score (nSPS) is 14.0. The van der Waals surface area contributed by atoms with Crippen molar-refractivity contribution in [1.29, 1.82) is 0 Å². The molecule has 0 radical (unpaired) electrons. The third-order valence-electron chi connectivity index (χ3n) is 5.12. The van der Waals surface area contributed by atoms with E-state index in [1.807, 2.05) is 48.6 Å². The lowest BCUT2D eigenvalue weighted by atomic mass is 9.80. The maximum atomic E-state index is 12.6. The molecule has 2 rings (SSSR count). The molecule has 0 saturated heterocycles. The molecule has 0 aliphatic heterocycles. The van der Waals surface area contributed by atoms with E-state index in [0.29, 0.717) is 0 Å². The summed E-state index contributed by atoms with van der Waals surface area (Å²) in [6.07, 6.45) is 7.06. The maximum absolute atomic E-state index is 12.6. The first-order chi connectivity index (χ1) is 13.2. The van der Waals surface area contributed by atoms with E-state index >= 15 is 0 Å². The summed E-state index contributed by atoms with van der Waals surface area (Å²) >= 11 is 0. The topological polar surface area (TPSA) is 26.3 Å². The van der Waals surface area contributed by atoms with Crippen molar-refractivity contribution >= 4 is 5.97 Å². The van der Waals surface area contributed by atoms with Crippen molar-refractivity contribution in [3.63, 3.8) is 0 Å². The molecule has 0 N–H and O–H groups in total. The SMILES string of the molecule is C=CCC(CC(CC(CC=C)c1ccccc1)C(=O)OC)c1ccccc1. The smallest absolute Gasteiger partial charge is 0.308 e. The van der Waals surface area contributed by atoms with Gasteiger partial charge in [0.1, 0.15) is 0 Å².